The largest absolute Gasteiger partial charge is 0.487 e. The van der Waals surface area contributed by atoms with Gasteiger partial charge in [-0.25, -0.2) is 0 Å². The van der Waals surface area contributed by atoms with Crippen molar-refractivity contribution < 1.29 is 4.74 Å². The second-order valence-corrected chi connectivity index (χ2v) is 6.34. The van der Waals surface area contributed by atoms with E-state index in [4.69, 9.17) is 16.3 Å². The summed E-state index contributed by atoms with van der Waals surface area (Å²) in [7, 11) is 0. The van der Waals surface area contributed by atoms with Crippen molar-refractivity contribution in [2.45, 2.75) is 25.9 Å². The Bertz CT molecular complexity index is 854. The van der Waals surface area contributed by atoms with Crippen molar-refractivity contribution in [2.75, 3.05) is 0 Å². The van der Waals surface area contributed by atoms with E-state index < -0.39 is 0 Å². The van der Waals surface area contributed by atoms with E-state index >= 15 is 0 Å². The molecule has 2 aromatic heterocycles. The Morgan fingerprint density at radius 3 is 2.95 bits per heavy atom. The van der Waals surface area contributed by atoms with Gasteiger partial charge in [0, 0.05) is 18.2 Å². The maximum atomic E-state index is 6.15. The summed E-state index contributed by atoms with van der Waals surface area (Å²) in [4.78, 5) is 0. The minimum absolute atomic E-state index is 0.142. The third-order valence-corrected chi connectivity index (χ3v) is 4.00. The number of nitrogens with zero attached hydrogens (tertiary/aromatic N) is 3. The summed E-state index contributed by atoms with van der Waals surface area (Å²) in [5.74, 6) is 1.75. The first kappa shape index (κ1) is 12.7. The lowest BCUT2D eigenvalue weighted by Gasteiger charge is -2.16. The maximum absolute atomic E-state index is 6.15. The van der Waals surface area contributed by atoms with Crippen LogP contribution >= 0.6 is 11.6 Å². The second-order valence-electron chi connectivity index (χ2n) is 5.93. The zero-order valence-corrected chi connectivity index (χ0v) is 12.6. The molecule has 1 aromatic carbocycles. The third-order valence-electron chi connectivity index (χ3n) is 3.71. The lowest BCUT2D eigenvalue weighted by atomic mass is 10.00. The first-order chi connectivity index (χ1) is 10.0. The molecule has 1 aliphatic rings. The van der Waals surface area contributed by atoms with Gasteiger partial charge in [0.25, 0.3) is 0 Å². The van der Waals surface area contributed by atoms with Crippen LogP contribution in [0.4, 0.5) is 0 Å². The molecular formula is C16H14ClN3O. The Morgan fingerprint density at radius 2 is 2.10 bits per heavy atom. The smallest absolute Gasteiger partial charge is 0.179 e. The van der Waals surface area contributed by atoms with Crippen LogP contribution in [0, 0.1) is 0 Å². The molecule has 0 saturated carbocycles. The molecule has 5 heteroatoms. The number of hydrogen-bond donors (Lipinski definition) is 0. The summed E-state index contributed by atoms with van der Waals surface area (Å²) in [6.45, 7) is 4.19. The van der Waals surface area contributed by atoms with Gasteiger partial charge in [0.1, 0.15) is 11.4 Å². The SMILES string of the molecule is CC1(C)Cc2cc(-c3nnc4c(Cl)cccn34)ccc2O1. The summed E-state index contributed by atoms with van der Waals surface area (Å²) >= 11 is 6.15. The van der Waals surface area contributed by atoms with Crippen LogP contribution < -0.4 is 4.74 Å². The van der Waals surface area contributed by atoms with Crippen LogP contribution in [-0.4, -0.2) is 20.2 Å². The molecular weight excluding hydrogens is 286 g/mol. The normalized spacial score (nSPS) is 16.0. The molecule has 0 fully saturated rings. The molecule has 3 aromatic rings. The van der Waals surface area contributed by atoms with E-state index in [1.54, 1.807) is 0 Å². The van der Waals surface area contributed by atoms with Crippen molar-refractivity contribution in [3.05, 3.63) is 47.1 Å². The standard InChI is InChI=1S/C16H14ClN3O/c1-16(2)9-11-8-10(5-6-13(11)21-16)14-18-19-15-12(17)4-3-7-20(14)15/h3-8H,9H2,1-2H3. The molecule has 0 bridgehead atoms. The first-order valence-electron chi connectivity index (χ1n) is 6.85. The average Bonchev–Trinajstić information content (AvgIpc) is 2.97. The number of pyridine rings is 1. The number of hydrogen-bond acceptors (Lipinski definition) is 3. The number of aromatic nitrogens is 3. The van der Waals surface area contributed by atoms with Gasteiger partial charge in [0.15, 0.2) is 11.5 Å². The molecule has 0 atom stereocenters. The number of halogens is 1. The zero-order chi connectivity index (χ0) is 14.6. The molecule has 106 valence electrons. The summed E-state index contributed by atoms with van der Waals surface area (Å²) in [5, 5.41) is 9.04. The van der Waals surface area contributed by atoms with E-state index in [1.165, 1.54) is 5.56 Å². The van der Waals surface area contributed by atoms with Crippen LogP contribution in [-0.2, 0) is 6.42 Å². The molecule has 3 heterocycles. The Kier molecular flexibility index (Phi) is 2.54. The minimum Gasteiger partial charge on any atom is -0.487 e. The Balaban J connectivity index is 1.86. The molecule has 0 N–H and O–H groups in total. The highest BCUT2D eigenvalue weighted by atomic mass is 35.5. The predicted octanol–water partition coefficient (Wildman–Crippen LogP) is 3.76. The van der Waals surface area contributed by atoms with E-state index in [0.29, 0.717) is 10.7 Å². The molecule has 1 aliphatic heterocycles. The molecule has 4 nitrogen and oxygen atoms in total. The highest BCUT2D eigenvalue weighted by molar-refractivity contribution is 6.33. The fourth-order valence-corrected chi connectivity index (χ4v) is 3.03. The van der Waals surface area contributed by atoms with Gasteiger partial charge in [-0.1, -0.05) is 11.6 Å². The van der Waals surface area contributed by atoms with Crippen molar-refractivity contribution >= 4 is 17.2 Å². The maximum Gasteiger partial charge on any atom is 0.179 e. The Morgan fingerprint density at radius 1 is 1.24 bits per heavy atom. The lowest BCUT2D eigenvalue weighted by molar-refractivity contribution is 0.138. The topological polar surface area (TPSA) is 39.4 Å². The van der Waals surface area contributed by atoms with Gasteiger partial charge in [0.05, 0.1) is 5.02 Å². The summed E-state index contributed by atoms with van der Waals surface area (Å²) in [5.41, 5.74) is 2.75. The summed E-state index contributed by atoms with van der Waals surface area (Å²) in [6, 6.07) is 9.85. The molecule has 0 unspecified atom stereocenters. The first-order valence-corrected chi connectivity index (χ1v) is 7.23. The molecule has 0 spiro atoms. The Hall–Kier alpha value is -2.07. The number of ether oxygens (including phenoxy) is 1. The molecule has 21 heavy (non-hydrogen) atoms. The Labute approximate surface area is 127 Å². The number of fused-ring (bicyclic) bond motifs is 2. The third kappa shape index (κ3) is 1.98. The van der Waals surface area contributed by atoms with Crippen LogP contribution in [0.15, 0.2) is 36.5 Å². The minimum atomic E-state index is -0.142. The molecule has 0 aliphatic carbocycles. The summed E-state index contributed by atoms with van der Waals surface area (Å²) < 4.78 is 7.82. The van der Waals surface area contributed by atoms with Crippen molar-refractivity contribution in [1.29, 1.82) is 0 Å². The van der Waals surface area contributed by atoms with E-state index in [0.717, 1.165) is 23.6 Å². The van der Waals surface area contributed by atoms with Gasteiger partial charge in [-0.2, -0.15) is 0 Å². The molecule has 0 amide bonds. The molecule has 0 saturated heterocycles. The monoisotopic (exact) mass is 299 g/mol. The quantitative estimate of drug-likeness (QED) is 0.687. The van der Waals surface area contributed by atoms with Gasteiger partial charge in [-0.3, -0.25) is 4.40 Å². The van der Waals surface area contributed by atoms with Crippen LogP contribution in [0.5, 0.6) is 5.75 Å². The van der Waals surface area contributed by atoms with E-state index in [1.807, 2.05) is 34.9 Å². The highest BCUT2D eigenvalue weighted by Crippen LogP contribution is 2.37. The van der Waals surface area contributed by atoms with Gasteiger partial charge < -0.3 is 4.74 Å². The second kappa shape index (κ2) is 4.21. The van der Waals surface area contributed by atoms with Crippen LogP contribution in [0.2, 0.25) is 5.02 Å². The van der Waals surface area contributed by atoms with Gasteiger partial charge in [-0.15, -0.1) is 10.2 Å². The molecule has 0 radical (unpaired) electrons. The van der Waals surface area contributed by atoms with Crippen molar-refractivity contribution in [3.8, 4) is 17.1 Å². The van der Waals surface area contributed by atoms with Gasteiger partial charge in [-0.05, 0) is 49.7 Å². The highest BCUT2D eigenvalue weighted by Gasteiger charge is 2.30. The van der Waals surface area contributed by atoms with Crippen molar-refractivity contribution in [2.24, 2.45) is 0 Å². The van der Waals surface area contributed by atoms with Gasteiger partial charge >= 0.3 is 0 Å². The van der Waals surface area contributed by atoms with Gasteiger partial charge in [0.2, 0.25) is 0 Å². The number of benzene rings is 1. The summed E-state index contributed by atoms with van der Waals surface area (Å²) in [6.07, 6.45) is 2.82. The number of rotatable bonds is 1. The van der Waals surface area contributed by atoms with Crippen molar-refractivity contribution in [3.63, 3.8) is 0 Å². The van der Waals surface area contributed by atoms with Crippen molar-refractivity contribution in [1.82, 2.24) is 14.6 Å². The molecule has 4 rings (SSSR count). The fraction of sp³-hybridized carbons (Fsp3) is 0.250. The van der Waals surface area contributed by atoms with E-state index in [2.05, 4.69) is 30.1 Å². The zero-order valence-electron chi connectivity index (χ0n) is 11.8. The predicted molar refractivity (Wildman–Crippen MR) is 81.8 cm³/mol. The fourth-order valence-electron chi connectivity index (χ4n) is 2.83. The van der Waals surface area contributed by atoms with E-state index in [9.17, 15) is 0 Å². The average molecular weight is 300 g/mol. The van der Waals surface area contributed by atoms with Crippen LogP contribution in [0.25, 0.3) is 17.0 Å². The van der Waals surface area contributed by atoms with Crippen LogP contribution in [0.3, 0.4) is 0 Å². The lowest BCUT2D eigenvalue weighted by Crippen LogP contribution is -2.24. The van der Waals surface area contributed by atoms with Crippen LogP contribution in [0.1, 0.15) is 19.4 Å². The van der Waals surface area contributed by atoms with E-state index in [-0.39, 0.29) is 5.60 Å².